The average molecular weight is 275 g/mol. The van der Waals surface area contributed by atoms with Crippen LogP contribution in [-0.2, 0) is 4.79 Å². The molecular weight excluding hydrogens is 268 g/mol. The molecule has 15 heavy (non-hydrogen) atoms. The molecule has 1 atom stereocenters. The Morgan fingerprint density at radius 2 is 2.20 bits per heavy atom. The van der Waals surface area contributed by atoms with E-state index in [1.807, 2.05) is 0 Å². The van der Waals surface area contributed by atoms with Gasteiger partial charge in [-0.1, -0.05) is 15.9 Å². The van der Waals surface area contributed by atoms with Crippen molar-refractivity contribution in [3.63, 3.8) is 0 Å². The maximum atomic E-state index is 10.6. The second-order valence-corrected chi connectivity index (χ2v) is 3.89. The highest BCUT2D eigenvalue weighted by Gasteiger charge is 2.27. The predicted molar refractivity (Wildman–Crippen MR) is 52.9 cm³/mol. The summed E-state index contributed by atoms with van der Waals surface area (Å²) >= 11 is 3.19. The number of carbonyl (C=O) groups is 1. The predicted octanol–water partition coefficient (Wildman–Crippen LogP) is 1.30. The number of rotatable bonds is 2. The summed E-state index contributed by atoms with van der Waals surface area (Å²) in [5, 5.41) is 18.1. The van der Waals surface area contributed by atoms with Crippen LogP contribution in [0.15, 0.2) is 16.6 Å². The lowest BCUT2D eigenvalue weighted by Gasteiger charge is -2.09. The second-order valence-electron chi connectivity index (χ2n) is 2.97. The zero-order chi connectivity index (χ0) is 11.0. The van der Waals surface area contributed by atoms with E-state index < -0.39 is 12.1 Å². The number of hydrogen-bond acceptors (Lipinski definition) is 4. The molecule has 0 fully saturated rings. The molecule has 2 N–H and O–H groups in total. The Bertz CT molecular complexity index is 417. The lowest BCUT2D eigenvalue weighted by molar-refractivity contribution is -0.147. The number of aliphatic hydroxyl groups is 1. The number of halogens is 1. The van der Waals surface area contributed by atoms with Crippen LogP contribution in [-0.4, -0.2) is 23.0 Å². The Labute approximate surface area is 93.4 Å². The largest absolute Gasteiger partial charge is 0.479 e. The molecule has 80 valence electrons. The summed E-state index contributed by atoms with van der Waals surface area (Å²) in [6.07, 6.45) is -1.61. The number of carboxylic acid groups (broad SMARTS) is 1. The first-order valence-electron chi connectivity index (χ1n) is 4.09. The van der Waals surface area contributed by atoms with Crippen LogP contribution < -0.4 is 9.47 Å². The highest BCUT2D eigenvalue weighted by Crippen LogP contribution is 2.41. The molecule has 1 unspecified atom stereocenters. The zero-order valence-corrected chi connectivity index (χ0v) is 9.02. The van der Waals surface area contributed by atoms with Gasteiger partial charge in [-0.3, -0.25) is 0 Å². The minimum atomic E-state index is -1.61. The molecule has 0 amide bonds. The normalized spacial score (nSPS) is 15.1. The van der Waals surface area contributed by atoms with E-state index in [-0.39, 0.29) is 18.1 Å². The smallest absolute Gasteiger partial charge is 0.337 e. The van der Waals surface area contributed by atoms with Crippen LogP contribution in [0.25, 0.3) is 0 Å². The van der Waals surface area contributed by atoms with Crippen LogP contribution in [0.2, 0.25) is 0 Å². The fraction of sp³-hybridized carbons (Fsp3) is 0.222. The molecule has 0 saturated heterocycles. The highest BCUT2D eigenvalue weighted by molar-refractivity contribution is 9.10. The summed E-state index contributed by atoms with van der Waals surface area (Å²) in [6, 6.07) is 3.15. The van der Waals surface area contributed by atoms with Gasteiger partial charge in [0.15, 0.2) is 17.6 Å². The molecule has 0 aliphatic carbocycles. The lowest BCUT2D eigenvalue weighted by Crippen LogP contribution is -2.11. The van der Waals surface area contributed by atoms with Gasteiger partial charge in [0.2, 0.25) is 6.79 Å². The van der Waals surface area contributed by atoms with Gasteiger partial charge in [-0.25, -0.2) is 4.79 Å². The van der Waals surface area contributed by atoms with Crippen LogP contribution in [0.3, 0.4) is 0 Å². The number of hydrogen-bond donors (Lipinski definition) is 2. The fourth-order valence-electron chi connectivity index (χ4n) is 1.34. The maximum absolute atomic E-state index is 10.6. The van der Waals surface area contributed by atoms with Crippen molar-refractivity contribution in [3.05, 3.63) is 22.2 Å². The first kappa shape index (κ1) is 10.3. The molecule has 5 nitrogen and oxygen atoms in total. The molecule has 1 heterocycles. The highest BCUT2D eigenvalue weighted by atomic mass is 79.9. The fourth-order valence-corrected chi connectivity index (χ4v) is 1.79. The van der Waals surface area contributed by atoms with Gasteiger partial charge in [0, 0.05) is 10.0 Å². The molecule has 1 aliphatic rings. The average Bonchev–Trinajstić information content (AvgIpc) is 2.62. The Morgan fingerprint density at radius 1 is 1.47 bits per heavy atom. The summed E-state index contributed by atoms with van der Waals surface area (Å²) in [4.78, 5) is 10.6. The van der Waals surface area contributed by atoms with Gasteiger partial charge in [0.1, 0.15) is 0 Å². The van der Waals surface area contributed by atoms with Gasteiger partial charge in [-0.15, -0.1) is 0 Å². The van der Waals surface area contributed by atoms with Crippen LogP contribution in [0.4, 0.5) is 0 Å². The summed E-state index contributed by atoms with van der Waals surface area (Å²) in [5.41, 5.74) is 0.185. The van der Waals surface area contributed by atoms with E-state index in [4.69, 9.17) is 14.6 Å². The first-order chi connectivity index (χ1) is 7.09. The van der Waals surface area contributed by atoms with E-state index in [1.54, 1.807) is 6.07 Å². The molecule has 1 aliphatic heterocycles. The van der Waals surface area contributed by atoms with Gasteiger partial charge >= 0.3 is 5.97 Å². The van der Waals surface area contributed by atoms with E-state index in [0.717, 1.165) is 0 Å². The molecule has 1 aromatic carbocycles. The number of carboxylic acids is 1. The molecule has 2 rings (SSSR count). The quantitative estimate of drug-likeness (QED) is 0.850. The van der Waals surface area contributed by atoms with Crippen molar-refractivity contribution in [1.29, 1.82) is 0 Å². The molecule has 0 radical (unpaired) electrons. The molecule has 6 heteroatoms. The number of aliphatic carboxylic acids is 1. The molecule has 1 aromatic rings. The van der Waals surface area contributed by atoms with Crippen LogP contribution >= 0.6 is 15.9 Å². The van der Waals surface area contributed by atoms with Crippen LogP contribution in [0.1, 0.15) is 11.7 Å². The topological polar surface area (TPSA) is 76.0 Å². The van der Waals surface area contributed by atoms with E-state index in [1.165, 1.54) is 6.07 Å². The third-order valence-corrected chi connectivity index (χ3v) is 2.45. The van der Waals surface area contributed by atoms with E-state index in [2.05, 4.69) is 15.9 Å². The lowest BCUT2D eigenvalue weighted by atomic mass is 10.1. The van der Waals surface area contributed by atoms with Crippen molar-refractivity contribution in [1.82, 2.24) is 0 Å². The summed E-state index contributed by atoms with van der Waals surface area (Å²) in [6.45, 7) is 0.0329. The summed E-state index contributed by atoms with van der Waals surface area (Å²) < 4.78 is 10.8. The minimum Gasteiger partial charge on any atom is -0.479 e. The van der Waals surface area contributed by atoms with Crippen molar-refractivity contribution in [3.8, 4) is 11.5 Å². The number of benzene rings is 1. The Hall–Kier alpha value is -1.27. The van der Waals surface area contributed by atoms with Gasteiger partial charge in [-0.05, 0) is 12.1 Å². The van der Waals surface area contributed by atoms with Crippen LogP contribution in [0, 0.1) is 0 Å². The molecule has 0 aromatic heterocycles. The summed E-state index contributed by atoms with van der Waals surface area (Å²) in [5.74, 6) is -0.612. The first-order valence-corrected chi connectivity index (χ1v) is 4.89. The van der Waals surface area contributed by atoms with E-state index in [9.17, 15) is 9.90 Å². The molecule has 0 bridgehead atoms. The van der Waals surface area contributed by atoms with E-state index in [0.29, 0.717) is 10.2 Å². The Morgan fingerprint density at radius 3 is 2.87 bits per heavy atom. The van der Waals surface area contributed by atoms with Gasteiger partial charge in [0.25, 0.3) is 0 Å². The number of aliphatic hydroxyl groups excluding tert-OH is 1. The van der Waals surface area contributed by atoms with Gasteiger partial charge in [-0.2, -0.15) is 0 Å². The zero-order valence-electron chi connectivity index (χ0n) is 7.44. The van der Waals surface area contributed by atoms with Crippen molar-refractivity contribution in [2.75, 3.05) is 6.79 Å². The van der Waals surface area contributed by atoms with Gasteiger partial charge < -0.3 is 19.7 Å². The van der Waals surface area contributed by atoms with Gasteiger partial charge in [0.05, 0.1) is 0 Å². The van der Waals surface area contributed by atoms with E-state index >= 15 is 0 Å². The van der Waals surface area contributed by atoms with Crippen molar-refractivity contribution in [2.24, 2.45) is 0 Å². The molecular formula is C9H7BrO5. The van der Waals surface area contributed by atoms with Crippen molar-refractivity contribution in [2.45, 2.75) is 6.10 Å². The number of ether oxygens (including phenoxy) is 2. The SMILES string of the molecule is O=C(O)C(O)c1cc(Br)cc2c1OCO2. The second kappa shape index (κ2) is 3.71. The molecule has 0 saturated carbocycles. The minimum absolute atomic E-state index is 0.0329. The maximum Gasteiger partial charge on any atom is 0.337 e. The third-order valence-electron chi connectivity index (χ3n) is 1.99. The van der Waals surface area contributed by atoms with Crippen molar-refractivity contribution < 1.29 is 24.5 Å². The number of fused-ring (bicyclic) bond motifs is 1. The third kappa shape index (κ3) is 1.78. The Balaban J connectivity index is 2.51. The molecule has 0 spiro atoms. The standard InChI is InChI=1S/C9H7BrO5/c10-4-1-5(7(11)9(12)13)8-6(2-4)14-3-15-8/h1-2,7,11H,3H2,(H,12,13). The van der Waals surface area contributed by atoms with Crippen molar-refractivity contribution >= 4 is 21.9 Å². The van der Waals surface area contributed by atoms with Crippen LogP contribution in [0.5, 0.6) is 11.5 Å². The Kier molecular flexibility index (Phi) is 2.54. The monoisotopic (exact) mass is 274 g/mol. The summed E-state index contributed by atoms with van der Waals surface area (Å²) in [7, 11) is 0.